The van der Waals surface area contributed by atoms with Gasteiger partial charge in [-0.05, 0) is 70.7 Å². The number of hydrogen-bond donors (Lipinski definition) is 3. The van der Waals surface area contributed by atoms with Crippen molar-refractivity contribution in [2.24, 2.45) is 0 Å². The summed E-state index contributed by atoms with van der Waals surface area (Å²) < 4.78 is 11.7. The maximum absolute atomic E-state index is 10.0. The average Bonchev–Trinajstić information content (AvgIpc) is 2.68. The maximum atomic E-state index is 10.0. The number of phenols is 1. The molecule has 1 aromatic rings. The zero-order chi connectivity index (χ0) is 20.7. The zero-order valence-electron chi connectivity index (χ0n) is 16.4. The molecule has 2 rings (SSSR count). The number of ether oxygens (including phenoxy) is 1. The van der Waals surface area contributed by atoms with E-state index >= 15 is 0 Å². The van der Waals surface area contributed by atoms with Gasteiger partial charge in [0.05, 0.1) is 23.4 Å². The van der Waals surface area contributed by atoms with Gasteiger partial charge in [0.2, 0.25) is 0 Å². The van der Waals surface area contributed by atoms with Crippen molar-refractivity contribution in [3.63, 3.8) is 0 Å². The lowest BCUT2D eigenvalue weighted by Gasteiger charge is -2.28. The summed E-state index contributed by atoms with van der Waals surface area (Å²) in [5, 5.41) is 29.3. The molecule has 1 aromatic carbocycles. The van der Waals surface area contributed by atoms with Gasteiger partial charge in [0, 0.05) is 6.32 Å². The highest BCUT2D eigenvalue weighted by Gasteiger charge is 2.28. The Bertz CT molecular complexity index is 759. The van der Waals surface area contributed by atoms with Gasteiger partial charge in [0.25, 0.3) is 0 Å². The van der Waals surface area contributed by atoms with Crippen molar-refractivity contribution in [2.75, 3.05) is 13.7 Å². The second kappa shape index (κ2) is 11.0. The van der Waals surface area contributed by atoms with Gasteiger partial charge in [0.1, 0.15) is 0 Å². The van der Waals surface area contributed by atoms with Gasteiger partial charge in [-0.3, -0.25) is 0 Å². The Hall–Kier alpha value is -1.29. The smallest absolute Gasteiger partial charge is 0.458 e. The second-order valence-electron chi connectivity index (χ2n) is 6.88. The van der Waals surface area contributed by atoms with E-state index < -0.39 is 7.12 Å². The molecule has 3 N–H and O–H groups in total. The fraction of sp³-hybridized carbons (Fsp3) is 0.429. The van der Waals surface area contributed by atoms with Crippen LogP contribution in [0.4, 0.5) is 0 Å². The molecule has 0 aromatic heterocycles. The van der Waals surface area contributed by atoms with Gasteiger partial charge < -0.3 is 24.6 Å². The van der Waals surface area contributed by atoms with Gasteiger partial charge in [0.15, 0.2) is 11.5 Å². The quantitative estimate of drug-likeness (QED) is 0.349. The molecule has 0 fully saturated rings. The van der Waals surface area contributed by atoms with Crippen LogP contribution in [0.3, 0.4) is 0 Å². The van der Waals surface area contributed by atoms with Gasteiger partial charge in [-0.25, -0.2) is 0 Å². The van der Waals surface area contributed by atoms with Crippen LogP contribution in [-0.4, -0.2) is 42.2 Å². The van der Waals surface area contributed by atoms with Gasteiger partial charge in [-0.1, -0.05) is 37.6 Å². The SMILES string of the molecule is C=C(CO)C1=CCB(O)OC1CC/C(=C/c1cc(I)c(O)c(OC)c1)CCC. The molecular formula is C21H28BIO5. The van der Waals surface area contributed by atoms with Crippen molar-refractivity contribution >= 4 is 35.8 Å². The van der Waals surface area contributed by atoms with Gasteiger partial charge in [-0.2, -0.15) is 0 Å². The summed E-state index contributed by atoms with van der Waals surface area (Å²) >= 11 is 2.09. The van der Waals surface area contributed by atoms with E-state index in [1.54, 1.807) is 7.11 Å². The standard InChI is InChI=1S/C21H28BIO5/c1-4-5-15(10-16-11-18(23)21(25)20(12-16)27-3)6-7-19-17(14(2)13-24)8-9-22(26)28-19/h8,10-12,19,24-26H,2,4-7,9,13H2,1,3H3/b15-10+. The highest BCUT2D eigenvalue weighted by Crippen LogP contribution is 2.34. The van der Waals surface area contributed by atoms with Gasteiger partial charge >= 0.3 is 7.12 Å². The Labute approximate surface area is 181 Å². The lowest BCUT2D eigenvalue weighted by molar-refractivity contribution is 0.180. The summed E-state index contributed by atoms with van der Waals surface area (Å²) in [6.45, 7) is 5.92. The maximum Gasteiger partial charge on any atom is 0.458 e. The van der Waals surface area contributed by atoms with Crippen LogP contribution in [0.5, 0.6) is 11.5 Å². The minimum absolute atomic E-state index is 0.120. The van der Waals surface area contributed by atoms with Crippen molar-refractivity contribution in [1.82, 2.24) is 0 Å². The van der Waals surface area contributed by atoms with Crippen molar-refractivity contribution in [3.05, 3.63) is 50.6 Å². The number of aliphatic hydroxyl groups is 1. The number of aliphatic hydroxyl groups excluding tert-OH is 1. The normalized spacial score (nSPS) is 17.5. The molecule has 0 saturated carbocycles. The van der Waals surface area contributed by atoms with E-state index in [1.807, 2.05) is 18.2 Å². The number of halogens is 1. The highest BCUT2D eigenvalue weighted by atomic mass is 127. The first-order valence-corrected chi connectivity index (χ1v) is 10.6. The van der Waals surface area contributed by atoms with Crippen LogP contribution in [0.1, 0.15) is 38.2 Å². The Morgan fingerprint density at radius 3 is 2.82 bits per heavy atom. The molecule has 7 heteroatoms. The van der Waals surface area contributed by atoms with Crippen LogP contribution in [-0.2, 0) is 4.65 Å². The second-order valence-corrected chi connectivity index (χ2v) is 8.04. The molecule has 152 valence electrons. The summed E-state index contributed by atoms with van der Waals surface area (Å²) in [5.74, 6) is 0.608. The van der Waals surface area contributed by atoms with E-state index in [4.69, 9.17) is 9.39 Å². The van der Waals surface area contributed by atoms with Crippen LogP contribution in [0.25, 0.3) is 6.08 Å². The number of allylic oxidation sites excluding steroid dienone is 2. The third-order valence-electron chi connectivity index (χ3n) is 4.75. The van der Waals surface area contributed by atoms with E-state index in [2.05, 4.69) is 42.2 Å². The van der Waals surface area contributed by atoms with Crippen LogP contribution in [0, 0.1) is 3.57 Å². The third-order valence-corrected chi connectivity index (χ3v) is 5.57. The number of methoxy groups -OCH3 is 1. The third kappa shape index (κ3) is 6.11. The first-order chi connectivity index (χ1) is 13.4. The molecule has 5 nitrogen and oxygen atoms in total. The van der Waals surface area contributed by atoms with Crippen LogP contribution in [0.2, 0.25) is 6.32 Å². The van der Waals surface area contributed by atoms with E-state index in [0.29, 0.717) is 24.1 Å². The molecule has 1 aliphatic heterocycles. The lowest BCUT2D eigenvalue weighted by atomic mass is 9.78. The number of aromatic hydroxyl groups is 1. The molecule has 0 aliphatic carbocycles. The molecule has 1 unspecified atom stereocenters. The summed E-state index contributed by atoms with van der Waals surface area (Å²) in [5.41, 5.74) is 3.74. The zero-order valence-corrected chi connectivity index (χ0v) is 18.6. The minimum atomic E-state index is -0.818. The monoisotopic (exact) mass is 498 g/mol. The minimum Gasteiger partial charge on any atom is -0.504 e. The average molecular weight is 498 g/mol. The van der Waals surface area contributed by atoms with Crippen molar-refractivity contribution < 1.29 is 24.6 Å². The van der Waals surface area contributed by atoms with E-state index in [9.17, 15) is 15.2 Å². The molecular weight excluding hydrogens is 470 g/mol. The van der Waals surface area contributed by atoms with Gasteiger partial charge in [-0.15, -0.1) is 0 Å². The molecule has 0 saturated heterocycles. The first-order valence-electron chi connectivity index (χ1n) is 9.48. The fourth-order valence-corrected chi connectivity index (χ4v) is 3.97. The Morgan fingerprint density at radius 1 is 1.43 bits per heavy atom. The predicted molar refractivity (Wildman–Crippen MR) is 121 cm³/mol. The lowest BCUT2D eigenvalue weighted by Crippen LogP contribution is -2.32. The van der Waals surface area contributed by atoms with Crippen molar-refractivity contribution in [2.45, 2.75) is 45.0 Å². The van der Waals surface area contributed by atoms with E-state index in [-0.39, 0.29) is 18.5 Å². The number of benzene rings is 1. The largest absolute Gasteiger partial charge is 0.504 e. The van der Waals surface area contributed by atoms with E-state index in [0.717, 1.165) is 34.0 Å². The summed E-state index contributed by atoms with van der Waals surface area (Å²) in [6, 6.07) is 3.75. The summed E-state index contributed by atoms with van der Waals surface area (Å²) in [6.07, 6.45) is 7.60. The molecule has 0 radical (unpaired) electrons. The molecule has 0 bridgehead atoms. The topological polar surface area (TPSA) is 79.2 Å². The number of phenolic OH excluding ortho intramolecular Hbond substituents is 1. The molecule has 1 heterocycles. The number of rotatable bonds is 9. The van der Waals surface area contributed by atoms with Crippen molar-refractivity contribution in [1.29, 1.82) is 0 Å². The molecule has 0 amide bonds. The van der Waals surface area contributed by atoms with E-state index in [1.165, 1.54) is 5.57 Å². The molecule has 0 spiro atoms. The van der Waals surface area contributed by atoms with Crippen LogP contribution < -0.4 is 4.74 Å². The Morgan fingerprint density at radius 2 is 2.18 bits per heavy atom. The first kappa shape index (κ1) is 23.0. The summed E-state index contributed by atoms with van der Waals surface area (Å²) in [4.78, 5) is 0. The molecule has 28 heavy (non-hydrogen) atoms. The van der Waals surface area contributed by atoms with Crippen LogP contribution in [0.15, 0.2) is 41.5 Å². The Kier molecular flexibility index (Phi) is 9.07. The number of hydrogen-bond acceptors (Lipinski definition) is 5. The summed E-state index contributed by atoms with van der Waals surface area (Å²) in [7, 11) is 0.723. The molecule has 1 atom stereocenters. The highest BCUT2D eigenvalue weighted by molar-refractivity contribution is 14.1. The fourth-order valence-electron chi connectivity index (χ4n) is 3.34. The molecule has 1 aliphatic rings. The van der Waals surface area contributed by atoms with Crippen molar-refractivity contribution in [3.8, 4) is 11.5 Å². The Balaban J connectivity index is 2.19. The predicted octanol–water partition coefficient (Wildman–Crippen LogP) is 4.32. The van der Waals surface area contributed by atoms with Crippen LogP contribution >= 0.6 is 22.6 Å².